The number of hydrogen-bond donors (Lipinski definition) is 1. The Kier molecular flexibility index (Phi) is 3.71. The third kappa shape index (κ3) is 2.43. The van der Waals surface area contributed by atoms with Crippen LogP contribution >= 0.6 is 11.8 Å². The van der Waals surface area contributed by atoms with E-state index in [9.17, 15) is 9.90 Å². The van der Waals surface area contributed by atoms with Gasteiger partial charge in [0.15, 0.2) is 6.29 Å². The number of phenolic OH excluding ortho intramolecular Hbond substituents is 1. The molecule has 0 aliphatic carbocycles. The second-order valence-electron chi connectivity index (χ2n) is 5.55. The van der Waals surface area contributed by atoms with Gasteiger partial charge in [-0.15, -0.1) is 0 Å². The number of carbonyl (C=O) groups is 1. The highest BCUT2D eigenvalue weighted by molar-refractivity contribution is 7.99. The summed E-state index contributed by atoms with van der Waals surface area (Å²) in [6.45, 7) is 0. The number of fused-ring (bicyclic) bond motifs is 2. The van der Waals surface area contributed by atoms with E-state index in [4.69, 9.17) is 0 Å². The van der Waals surface area contributed by atoms with Crippen LogP contribution in [0.5, 0.6) is 5.75 Å². The molecule has 0 heterocycles. The van der Waals surface area contributed by atoms with Gasteiger partial charge in [-0.05, 0) is 34.4 Å². The standard InChI is InChI=1S/C21H14O2S/c22-13-15-10-9-14-5-1-2-6-16(14)21(15)24-20-12-11-19(23)17-7-3-4-8-18(17)20/h1-13,23H. The maximum atomic E-state index is 11.5. The first-order valence-electron chi connectivity index (χ1n) is 7.63. The van der Waals surface area contributed by atoms with Gasteiger partial charge in [0.05, 0.1) is 0 Å². The first-order chi connectivity index (χ1) is 11.8. The third-order valence-corrected chi connectivity index (χ3v) is 5.35. The van der Waals surface area contributed by atoms with Crippen LogP contribution in [0.2, 0.25) is 0 Å². The number of aldehydes is 1. The maximum Gasteiger partial charge on any atom is 0.151 e. The summed E-state index contributed by atoms with van der Waals surface area (Å²) in [6, 6.07) is 23.2. The van der Waals surface area contributed by atoms with E-state index in [1.165, 1.54) is 0 Å². The molecule has 0 spiro atoms. The van der Waals surface area contributed by atoms with Crippen molar-refractivity contribution in [3.8, 4) is 5.75 Å². The molecule has 0 radical (unpaired) electrons. The molecule has 2 nitrogen and oxygen atoms in total. The van der Waals surface area contributed by atoms with Crippen LogP contribution < -0.4 is 0 Å². The Bertz CT molecular complexity index is 1070. The van der Waals surface area contributed by atoms with Crippen molar-refractivity contribution in [2.75, 3.05) is 0 Å². The van der Waals surface area contributed by atoms with Crippen LogP contribution in [0.3, 0.4) is 0 Å². The summed E-state index contributed by atoms with van der Waals surface area (Å²) in [5, 5.41) is 14.0. The number of hydrogen-bond acceptors (Lipinski definition) is 3. The molecule has 0 aromatic heterocycles. The van der Waals surface area contributed by atoms with Gasteiger partial charge in [0, 0.05) is 20.7 Å². The molecule has 0 saturated carbocycles. The van der Waals surface area contributed by atoms with Crippen LogP contribution in [0.1, 0.15) is 10.4 Å². The number of carbonyl (C=O) groups excluding carboxylic acids is 1. The summed E-state index contributed by atoms with van der Waals surface area (Å²) >= 11 is 1.56. The van der Waals surface area contributed by atoms with Gasteiger partial charge in [-0.2, -0.15) is 0 Å². The molecular formula is C21H14O2S. The van der Waals surface area contributed by atoms with E-state index in [2.05, 4.69) is 0 Å². The SMILES string of the molecule is O=Cc1ccc2ccccc2c1Sc1ccc(O)c2ccccc12. The van der Waals surface area contributed by atoms with Crippen molar-refractivity contribution in [1.29, 1.82) is 0 Å². The Labute approximate surface area is 143 Å². The maximum absolute atomic E-state index is 11.5. The van der Waals surface area contributed by atoms with Gasteiger partial charge in [-0.1, -0.05) is 66.4 Å². The zero-order chi connectivity index (χ0) is 16.5. The highest BCUT2D eigenvalue weighted by Crippen LogP contribution is 2.40. The summed E-state index contributed by atoms with van der Waals surface area (Å²) in [4.78, 5) is 13.5. The number of phenols is 1. The quantitative estimate of drug-likeness (QED) is 0.492. The molecule has 24 heavy (non-hydrogen) atoms. The molecule has 0 aliphatic rings. The fourth-order valence-corrected chi connectivity index (χ4v) is 4.09. The Balaban J connectivity index is 1.95. The molecule has 0 saturated heterocycles. The van der Waals surface area contributed by atoms with Crippen LogP contribution in [-0.4, -0.2) is 11.4 Å². The predicted molar refractivity (Wildman–Crippen MR) is 99.1 cm³/mol. The summed E-state index contributed by atoms with van der Waals surface area (Å²) in [7, 11) is 0. The second-order valence-corrected chi connectivity index (χ2v) is 6.61. The molecule has 1 N–H and O–H groups in total. The van der Waals surface area contributed by atoms with Gasteiger partial charge in [-0.25, -0.2) is 0 Å². The monoisotopic (exact) mass is 330 g/mol. The third-order valence-electron chi connectivity index (χ3n) is 4.11. The Morgan fingerprint density at radius 1 is 0.750 bits per heavy atom. The first kappa shape index (κ1) is 14.8. The van der Waals surface area contributed by atoms with E-state index in [0.717, 1.165) is 37.6 Å². The van der Waals surface area contributed by atoms with Crippen molar-refractivity contribution < 1.29 is 9.90 Å². The Morgan fingerprint density at radius 3 is 2.25 bits per heavy atom. The van der Waals surface area contributed by atoms with E-state index in [-0.39, 0.29) is 5.75 Å². The van der Waals surface area contributed by atoms with E-state index < -0.39 is 0 Å². The van der Waals surface area contributed by atoms with Crippen molar-refractivity contribution >= 4 is 39.6 Å². The minimum atomic E-state index is 0.267. The zero-order valence-corrected chi connectivity index (χ0v) is 13.6. The predicted octanol–water partition coefficient (Wildman–Crippen LogP) is 5.66. The minimum Gasteiger partial charge on any atom is -0.507 e. The molecule has 116 valence electrons. The summed E-state index contributed by atoms with van der Waals surface area (Å²) in [5.74, 6) is 0.267. The van der Waals surface area contributed by atoms with E-state index in [1.54, 1.807) is 17.8 Å². The molecule has 0 aliphatic heterocycles. The highest BCUT2D eigenvalue weighted by Gasteiger charge is 2.12. The zero-order valence-electron chi connectivity index (χ0n) is 12.8. The summed E-state index contributed by atoms with van der Waals surface area (Å²) < 4.78 is 0. The van der Waals surface area contributed by atoms with Crippen molar-refractivity contribution in [2.45, 2.75) is 9.79 Å². The van der Waals surface area contributed by atoms with Crippen LogP contribution in [0.4, 0.5) is 0 Å². The molecular weight excluding hydrogens is 316 g/mol. The minimum absolute atomic E-state index is 0.267. The normalized spacial score (nSPS) is 11.0. The van der Waals surface area contributed by atoms with Gasteiger partial charge in [-0.3, -0.25) is 4.79 Å². The highest BCUT2D eigenvalue weighted by atomic mass is 32.2. The van der Waals surface area contributed by atoms with Crippen molar-refractivity contribution in [1.82, 2.24) is 0 Å². The van der Waals surface area contributed by atoms with Gasteiger partial charge in [0.1, 0.15) is 5.75 Å². The van der Waals surface area contributed by atoms with E-state index in [0.29, 0.717) is 5.56 Å². The molecule has 0 amide bonds. The van der Waals surface area contributed by atoms with E-state index in [1.807, 2.05) is 66.7 Å². The fraction of sp³-hybridized carbons (Fsp3) is 0. The average Bonchev–Trinajstić information content (AvgIpc) is 2.64. The number of rotatable bonds is 3. The van der Waals surface area contributed by atoms with Crippen molar-refractivity contribution in [2.24, 2.45) is 0 Å². The van der Waals surface area contributed by atoms with E-state index >= 15 is 0 Å². The lowest BCUT2D eigenvalue weighted by Crippen LogP contribution is -1.88. The average molecular weight is 330 g/mol. The number of aromatic hydroxyl groups is 1. The van der Waals surface area contributed by atoms with Crippen LogP contribution in [0.15, 0.2) is 82.6 Å². The van der Waals surface area contributed by atoms with Crippen LogP contribution in [0, 0.1) is 0 Å². The Morgan fingerprint density at radius 2 is 1.46 bits per heavy atom. The smallest absolute Gasteiger partial charge is 0.151 e. The fourth-order valence-electron chi connectivity index (χ4n) is 2.92. The first-order valence-corrected chi connectivity index (χ1v) is 8.45. The molecule has 0 bridgehead atoms. The van der Waals surface area contributed by atoms with Gasteiger partial charge >= 0.3 is 0 Å². The van der Waals surface area contributed by atoms with Gasteiger partial charge in [0.25, 0.3) is 0 Å². The molecule has 0 fully saturated rings. The molecule has 0 unspecified atom stereocenters. The summed E-state index contributed by atoms with van der Waals surface area (Å²) in [6.07, 6.45) is 0.900. The molecule has 4 rings (SSSR count). The van der Waals surface area contributed by atoms with Crippen LogP contribution in [-0.2, 0) is 0 Å². The molecule has 0 atom stereocenters. The molecule has 4 aromatic carbocycles. The lowest BCUT2D eigenvalue weighted by atomic mass is 10.1. The second kappa shape index (κ2) is 6.02. The topological polar surface area (TPSA) is 37.3 Å². The summed E-state index contributed by atoms with van der Waals surface area (Å²) in [5.41, 5.74) is 0.677. The Hall–Kier alpha value is -2.78. The lowest BCUT2D eigenvalue weighted by molar-refractivity contribution is 0.112. The van der Waals surface area contributed by atoms with Gasteiger partial charge in [0.2, 0.25) is 0 Å². The van der Waals surface area contributed by atoms with Crippen molar-refractivity contribution in [3.05, 3.63) is 78.4 Å². The molecule has 4 aromatic rings. The number of benzene rings is 4. The lowest BCUT2D eigenvalue weighted by Gasteiger charge is -2.12. The molecule has 3 heteroatoms. The van der Waals surface area contributed by atoms with Gasteiger partial charge < -0.3 is 5.11 Å². The van der Waals surface area contributed by atoms with Crippen molar-refractivity contribution in [3.63, 3.8) is 0 Å². The largest absolute Gasteiger partial charge is 0.507 e. The van der Waals surface area contributed by atoms with Crippen LogP contribution in [0.25, 0.3) is 21.5 Å².